The second-order valence-electron chi connectivity index (χ2n) is 7.80. The van der Waals surface area contributed by atoms with Crippen molar-refractivity contribution in [3.05, 3.63) is 107 Å². The van der Waals surface area contributed by atoms with Crippen molar-refractivity contribution in [2.24, 2.45) is 0 Å². The maximum absolute atomic E-state index is 14.4. The van der Waals surface area contributed by atoms with Crippen molar-refractivity contribution >= 4 is 28.7 Å². The summed E-state index contributed by atoms with van der Waals surface area (Å²) in [5.74, 6) is -2.92. The molecule has 0 fully saturated rings. The van der Waals surface area contributed by atoms with E-state index in [0.717, 1.165) is 12.1 Å². The third-order valence-electron chi connectivity index (χ3n) is 5.59. The molecule has 3 heterocycles. The van der Waals surface area contributed by atoms with Crippen LogP contribution >= 0.6 is 11.6 Å². The van der Waals surface area contributed by atoms with E-state index in [-0.39, 0.29) is 27.7 Å². The Hall–Kier alpha value is -4.17. The van der Waals surface area contributed by atoms with Crippen LogP contribution in [0, 0.1) is 24.4 Å². The summed E-state index contributed by atoms with van der Waals surface area (Å²) < 4.78 is 44.0. The largest absolute Gasteiger partial charge is 0.319 e. The van der Waals surface area contributed by atoms with E-state index < -0.39 is 23.4 Å². The number of fused-ring (bicyclic) bond motifs is 1. The first kappa shape index (κ1) is 22.6. The Labute approximate surface area is 202 Å². The number of nitrogens with one attached hydrogen (secondary N) is 1. The molecule has 35 heavy (non-hydrogen) atoms. The lowest BCUT2D eigenvalue weighted by Gasteiger charge is -2.11. The standard InChI is InChI=1S/C26H16ClF3N4O/c1-14-19(26(35)33-22-8-7-16(27)11-21(22)29)10-15(12-31-14)17-5-3-9-34-23(17)13-32-25(34)18-4-2-6-20(28)24(18)30/h2-13H,1H3,(H,33,35). The quantitative estimate of drug-likeness (QED) is 0.304. The maximum atomic E-state index is 14.4. The predicted octanol–water partition coefficient (Wildman–Crippen LogP) is 6.69. The number of imidazole rings is 1. The first-order valence-corrected chi connectivity index (χ1v) is 10.8. The summed E-state index contributed by atoms with van der Waals surface area (Å²) in [6.07, 6.45) is 4.82. The lowest BCUT2D eigenvalue weighted by molar-refractivity contribution is 0.102. The summed E-state index contributed by atoms with van der Waals surface area (Å²) in [5, 5.41) is 2.75. The smallest absolute Gasteiger partial charge is 0.257 e. The number of carbonyl (C=O) groups is 1. The molecule has 0 aliphatic heterocycles. The zero-order valence-corrected chi connectivity index (χ0v) is 18.9. The highest BCUT2D eigenvalue weighted by atomic mass is 35.5. The van der Waals surface area contributed by atoms with Gasteiger partial charge >= 0.3 is 0 Å². The number of nitrogens with zero attached hydrogens (tertiary/aromatic N) is 3. The van der Waals surface area contributed by atoms with Crippen molar-refractivity contribution in [3.8, 4) is 22.5 Å². The van der Waals surface area contributed by atoms with Crippen LogP contribution in [0.1, 0.15) is 16.1 Å². The zero-order valence-electron chi connectivity index (χ0n) is 18.2. The van der Waals surface area contributed by atoms with Gasteiger partial charge in [0.2, 0.25) is 0 Å². The average Bonchev–Trinajstić information content (AvgIpc) is 3.27. The van der Waals surface area contributed by atoms with Gasteiger partial charge in [-0.05, 0) is 49.4 Å². The number of halogens is 4. The minimum Gasteiger partial charge on any atom is -0.319 e. The van der Waals surface area contributed by atoms with Crippen molar-refractivity contribution in [3.63, 3.8) is 0 Å². The Balaban J connectivity index is 1.56. The maximum Gasteiger partial charge on any atom is 0.257 e. The second-order valence-corrected chi connectivity index (χ2v) is 8.23. The van der Waals surface area contributed by atoms with Crippen LogP contribution in [0.3, 0.4) is 0 Å². The molecule has 1 amide bonds. The summed E-state index contributed by atoms with van der Waals surface area (Å²) in [6.45, 7) is 1.67. The molecule has 3 aromatic heterocycles. The van der Waals surface area contributed by atoms with E-state index >= 15 is 0 Å². The molecular weight excluding hydrogens is 477 g/mol. The molecular formula is C26H16ClF3N4O. The molecule has 5 aromatic rings. The number of amides is 1. The summed E-state index contributed by atoms with van der Waals surface area (Å²) in [7, 11) is 0. The van der Waals surface area contributed by atoms with Gasteiger partial charge in [-0.15, -0.1) is 0 Å². The van der Waals surface area contributed by atoms with Crippen molar-refractivity contribution < 1.29 is 18.0 Å². The molecule has 0 saturated carbocycles. The average molecular weight is 493 g/mol. The first-order chi connectivity index (χ1) is 16.8. The van der Waals surface area contributed by atoms with E-state index in [9.17, 15) is 18.0 Å². The number of aryl methyl sites for hydroxylation is 1. The fraction of sp³-hybridized carbons (Fsp3) is 0.0385. The summed E-state index contributed by atoms with van der Waals surface area (Å²) in [5.41, 5.74) is 2.57. The lowest BCUT2D eigenvalue weighted by atomic mass is 10.0. The highest BCUT2D eigenvalue weighted by molar-refractivity contribution is 6.30. The normalized spacial score (nSPS) is 11.1. The van der Waals surface area contributed by atoms with Crippen LogP contribution < -0.4 is 5.32 Å². The lowest BCUT2D eigenvalue weighted by Crippen LogP contribution is -2.15. The van der Waals surface area contributed by atoms with Gasteiger partial charge in [0, 0.05) is 28.5 Å². The van der Waals surface area contributed by atoms with Gasteiger partial charge in [-0.1, -0.05) is 23.7 Å². The molecule has 9 heteroatoms. The number of rotatable bonds is 4. The Morgan fingerprint density at radius 2 is 1.74 bits per heavy atom. The monoisotopic (exact) mass is 492 g/mol. The van der Waals surface area contributed by atoms with Gasteiger partial charge in [0.15, 0.2) is 11.6 Å². The molecule has 0 saturated heterocycles. The van der Waals surface area contributed by atoms with Crippen LogP contribution in [0.25, 0.3) is 28.0 Å². The third kappa shape index (κ3) is 4.13. The van der Waals surface area contributed by atoms with Gasteiger partial charge in [-0.3, -0.25) is 14.2 Å². The zero-order chi connectivity index (χ0) is 24.7. The highest BCUT2D eigenvalue weighted by Gasteiger charge is 2.18. The molecule has 5 nitrogen and oxygen atoms in total. The molecule has 174 valence electrons. The SMILES string of the molecule is Cc1ncc(-c2cccn3c(-c4cccc(F)c4F)ncc23)cc1C(=O)Nc1ccc(Cl)cc1F. The van der Waals surface area contributed by atoms with Crippen LogP contribution in [0.2, 0.25) is 5.02 Å². The molecule has 5 rings (SSSR count). The van der Waals surface area contributed by atoms with Crippen LogP contribution in [0.4, 0.5) is 18.9 Å². The molecule has 2 aromatic carbocycles. The van der Waals surface area contributed by atoms with Gasteiger partial charge < -0.3 is 5.32 Å². The van der Waals surface area contributed by atoms with Gasteiger partial charge in [-0.25, -0.2) is 18.2 Å². The summed E-state index contributed by atoms with van der Waals surface area (Å²) in [4.78, 5) is 21.6. The molecule has 0 aliphatic carbocycles. The van der Waals surface area contributed by atoms with Crippen LogP contribution in [0.15, 0.2) is 73.2 Å². The Bertz CT molecular complexity index is 1620. The van der Waals surface area contributed by atoms with E-state index in [1.54, 1.807) is 41.9 Å². The fourth-order valence-corrected chi connectivity index (χ4v) is 3.99. The molecule has 0 bridgehead atoms. The number of benzene rings is 2. The minimum absolute atomic E-state index is 0.0103. The van der Waals surface area contributed by atoms with E-state index in [2.05, 4.69) is 15.3 Å². The Morgan fingerprint density at radius 1 is 0.943 bits per heavy atom. The van der Waals surface area contributed by atoms with Crippen LogP contribution in [-0.4, -0.2) is 20.3 Å². The first-order valence-electron chi connectivity index (χ1n) is 10.5. The van der Waals surface area contributed by atoms with Crippen molar-refractivity contribution in [1.82, 2.24) is 14.4 Å². The highest BCUT2D eigenvalue weighted by Crippen LogP contribution is 2.31. The summed E-state index contributed by atoms with van der Waals surface area (Å²) >= 11 is 5.78. The number of pyridine rings is 2. The van der Waals surface area contributed by atoms with E-state index in [4.69, 9.17) is 11.6 Å². The number of aromatic nitrogens is 3. The van der Waals surface area contributed by atoms with Crippen LogP contribution in [-0.2, 0) is 0 Å². The fourth-order valence-electron chi connectivity index (χ4n) is 3.83. The number of hydrogen-bond acceptors (Lipinski definition) is 3. The van der Waals surface area contributed by atoms with Crippen molar-refractivity contribution in [2.45, 2.75) is 6.92 Å². The third-order valence-corrected chi connectivity index (χ3v) is 5.82. The molecule has 1 N–H and O–H groups in total. The van der Waals surface area contributed by atoms with E-state index in [0.29, 0.717) is 22.3 Å². The van der Waals surface area contributed by atoms with Gasteiger partial charge in [0.25, 0.3) is 5.91 Å². The van der Waals surface area contributed by atoms with E-state index in [1.165, 1.54) is 30.5 Å². The van der Waals surface area contributed by atoms with Gasteiger partial charge in [0.05, 0.1) is 34.2 Å². The van der Waals surface area contributed by atoms with Gasteiger partial charge in [-0.2, -0.15) is 0 Å². The molecule has 0 radical (unpaired) electrons. The second kappa shape index (κ2) is 8.88. The number of hydrogen-bond donors (Lipinski definition) is 1. The molecule has 0 atom stereocenters. The number of anilines is 1. The topological polar surface area (TPSA) is 59.3 Å². The minimum atomic E-state index is -0.990. The molecule has 0 aliphatic rings. The predicted molar refractivity (Wildman–Crippen MR) is 128 cm³/mol. The number of carbonyl (C=O) groups excluding carboxylic acids is 1. The Kier molecular flexibility index (Phi) is 5.74. The molecule has 0 spiro atoms. The van der Waals surface area contributed by atoms with Crippen molar-refractivity contribution in [1.29, 1.82) is 0 Å². The van der Waals surface area contributed by atoms with E-state index in [1.807, 2.05) is 0 Å². The Morgan fingerprint density at radius 3 is 2.54 bits per heavy atom. The molecule has 0 unspecified atom stereocenters. The van der Waals surface area contributed by atoms with Gasteiger partial charge in [0.1, 0.15) is 11.6 Å². The summed E-state index contributed by atoms with van der Waals surface area (Å²) in [6, 6.07) is 13.0. The van der Waals surface area contributed by atoms with Crippen LogP contribution in [0.5, 0.6) is 0 Å². The van der Waals surface area contributed by atoms with Crippen molar-refractivity contribution in [2.75, 3.05) is 5.32 Å².